The molecule has 0 atom stereocenters. The lowest BCUT2D eigenvalue weighted by Crippen LogP contribution is -2.48. The molecule has 0 spiro atoms. The molecule has 1 aliphatic rings. The first-order valence-electron chi connectivity index (χ1n) is 8.49. The fourth-order valence-electron chi connectivity index (χ4n) is 3.12. The summed E-state index contributed by atoms with van der Waals surface area (Å²) in [5, 5.41) is 5.59. The van der Waals surface area contributed by atoms with Crippen molar-refractivity contribution in [2.75, 3.05) is 26.2 Å². The van der Waals surface area contributed by atoms with E-state index in [0.717, 1.165) is 30.2 Å². The number of benzene rings is 1. The van der Waals surface area contributed by atoms with Crippen LogP contribution in [0.2, 0.25) is 10.0 Å². The summed E-state index contributed by atoms with van der Waals surface area (Å²) in [4.78, 5) is 17.0. The predicted molar refractivity (Wildman–Crippen MR) is 100 cm³/mol. The van der Waals surface area contributed by atoms with E-state index in [4.69, 9.17) is 23.2 Å². The van der Waals surface area contributed by atoms with Gasteiger partial charge in [0.25, 0.3) is 5.91 Å². The molecule has 1 aromatic heterocycles. The maximum atomic E-state index is 12.9. The highest BCUT2D eigenvalue weighted by Crippen LogP contribution is 2.23. The Morgan fingerprint density at radius 3 is 2.48 bits per heavy atom. The molecule has 0 radical (unpaired) electrons. The van der Waals surface area contributed by atoms with Gasteiger partial charge in [-0.15, -0.1) is 0 Å². The number of nitrogens with zero attached hydrogens (tertiary/aromatic N) is 4. The van der Waals surface area contributed by atoms with Gasteiger partial charge in [-0.25, -0.2) is 0 Å². The number of carbonyl (C=O) groups is 1. The first-order chi connectivity index (χ1) is 12.0. The van der Waals surface area contributed by atoms with Gasteiger partial charge >= 0.3 is 0 Å². The number of hydrogen-bond donors (Lipinski definition) is 0. The van der Waals surface area contributed by atoms with Crippen LogP contribution in [0.1, 0.15) is 28.7 Å². The molecule has 1 aromatic carbocycles. The van der Waals surface area contributed by atoms with Crippen LogP contribution in [-0.2, 0) is 13.1 Å². The maximum absolute atomic E-state index is 12.9. The molecule has 1 saturated heterocycles. The molecule has 7 heteroatoms. The van der Waals surface area contributed by atoms with Gasteiger partial charge in [0.15, 0.2) is 0 Å². The van der Waals surface area contributed by atoms with Crippen LogP contribution in [0.15, 0.2) is 24.3 Å². The molecule has 134 valence electrons. The van der Waals surface area contributed by atoms with Crippen molar-refractivity contribution in [3.63, 3.8) is 0 Å². The van der Waals surface area contributed by atoms with Crippen molar-refractivity contribution in [2.45, 2.75) is 26.9 Å². The first kappa shape index (κ1) is 18.2. The fourth-order valence-corrected chi connectivity index (χ4v) is 3.53. The number of carbonyl (C=O) groups excluding carboxylic acids is 1. The van der Waals surface area contributed by atoms with Crippen molar-refractivity contribution in [3.05, 3.63) is 51.3 Å². The SMILES string of the molecule is CCn1nc(C)c(Cl)c1C(=O)N1CCN(Cc2ccccc2Cl)CC1. The van der Waals surface area contributed by atoms with Crippen LogP contribution in [0.25, 0.3) is 0 Å². The Labute approximate surface area is 158 Å². The van der Waals surface area contributed by atoms with Gasteiger partial charge in [-0.2, -0.15) is 5.10 Å². The molecular formula is C18H22Cl2N4O. The van der Waals surface area contributed by atoms with Crippen molar-refractivity contribution >= 4 is 29.1 Å². The van der Waals surface area contributed by atoms with E-state index in [-0.39, 0.29) is 5.91 Å². The van der Waals surface area contributed by atoms with Crippen molar-refractivity contribution in [1.29, 1.82) is 0 Å². The number of rotatable bonds is 4. The Bertz CT molecular complexity index is 766. The lowest BCUT2D eigenvalue weighted by molar-refractivity contribution is 0.0616. The smallest absolute Gasteiger partial charge is 0.273 e. The zero-order chi connectivity index (χ0) is 18.0. The fraction of sp³-hybridized carbons (Fsp3) is 0.444. The van der Waals surface area contributed by atoms with Gasteiger partial charge in [-0.1, -0.05) is 41.4 Å². The normalized spacial score (nSPS) is 15.6. The number of piperazine rings is 1. The van der Waals surface area contributed by atoms with Crippen LogP contribution in [-0.4, -0.2) is 51.7 Å². The van der Waals surface area contributed by atoms with Crippen LogP contribution in [0, 0.1) is 6.92 Å². The summed E-state index contributed by atoms with van der Waals surface area (Å²) in [6.45, 7) is 8.19. The molecule has 2 heterocycles. The second-order valence-electron chi connectivity index (χ2n) is 6.22. The minimum Gasteiger partial charge on any atom is -0.335 e. The second-order valence-corrected chi connectivity index (χ2v) is 7.01. The minimum atomic E-state index is -0.0372. The van der Waals surface area contributed by atoms with Gasteiger partial charge < -0.3 is 4.90 Å². The van der Waals surface area contributed by atoms with Crippen LogP contribution < -0.4 is 0 Å². The van der Waals surface area contributed by atoms with E-state index >= 15 is 0 Å². The number of hydrogen-bond acceptors (Lipinski definition) is 3. The molecule has 1 fully saturated rings. The third-order valence-corrected chi connectivity index (χ3v) is 5.39. The average molecular weight is 381 g/mol. The maximum Gasteiger partial charge on any atom is 0.273 e. The average Bonchev–Trinajstić information content (AvgIpc) is 2.91. The molecule has 0 bridgehead atoms. The summed E-state index contributed by atoms with van der Waals surface area (Å²) in [5.74, 6) is -0.0372. The molecule has 2 aromatic rings. The van der Waals surface area contributed by atoms with Crippen molar-refractivity contribution in [1.82, 2.24) is 19.6 Å². The molecule has 25 heavy (non-hydrogen) atoms. The highest BCUT2D eigenvalue weighted by atomic mass is 35.5. The molecule has 3 rings (SSSR count). The minimum absolute atomic E-state index is 0.0372. The first-order valence-corrected chi connectivity index (χ1v) is 9.24. The van der Waals surface area contributed by atoms with Gasteiger partial charge in [0.1, 0.15) is 5.69 Å². The van der Waals surface area contributed by atoms with Crippen molar-refractivity contribution in [3.8, 4) is 0 Å². The van der Waals surface area contributed by atoms with Crippen LogP contribution in [0.3, 0.4) is 0 Å². The van der Waals surface area contributed by atoms with E-state index in [2.05, 4.69) is 10.00 Å². The van der Waals surface area contributed by atoms with Gasteiger partial charge in [-0.3, -0.25) is 14.4 Å². The highest BCUT2D eigenvalue weighted by Gasteiger charge is 2.27. The Hall–Kier alpha value is -1.56. The molecule has 0 aliphatic carbocycles. The lowest BCUT2D eigenvalue weighted by Gasteiger charge is -2.35. The molecular weight excluding hydrogens is 359 g/mol. The summed E-state index contributed by atoms with van der Waals surface area (Å²) >= 11 is 12.5. The largest absolute Gasteiger partial charge is 0.335 e. The number of aromatic nitrogens is 2. The Morgan fingerprint density at radius 2 is 1.84 bits per heavy atom. The molecule has 1 amide bonds. The van der Waals surface area contributed by atoms with E-state index in [1.807, 2.05) is 43.0 Å². The molecule has 0 N–H and O–H groups in total. The summed E-state index contributed by atoms with van der Waals surface area (Å²) < 4.78 is 1.69. The predicted octanol–water partition coefficient (Wildman–Crippen LogP) is 3.48. The van der Waals surface area contributed by atoms with Crippen molar-refractivity contribution in [2.24, 2.45) is 0 Å². The van der Waals surface area contributed by atoms with E-state index < -0.39 is 0 Å². The van der Waals surface area contributed by atoms with Gasteiger partial charge in [0.05, 0.1) is 10.7 Å². The van der Waals surface area contributed by atoms with Gasteiger partial charge in [0, 0.05) is 44.3 Å². The van der Waals surface area contributed by atoms with Crippen molar-refractivity contribution < 1.29 is 4.79 Å². The van der Waals surface area contributed by atoms with E-state index in [0.29, 0.717) is 36.0 Å². The molecule has 1 aliphatic heterocycles. The quantitative estimate of drug-likeness (QED) is 0.815. The summed E-state index contributed by atoms with van der Waals surface area (Å²) in [6, 6.07) is 7.89. The zero-order valence-corrected chi connectivity index (χ0v) is 16.0. The standard InChI is InChI=1S/C18H22Cl2N4O/c1-3-24-17(16(20)13(2)21-24)18(25)23-10-8-22(9-11-23)12-14-6-4-5-7-15(14)19/h4-7H,3,8-12H2,1-2H3. The molecule has 0 unspecified atom stereocenters. The number of amides is 1. The van der Waals surface area contributed by atoms with E-state index in [1.54, 1.807) is 4.68 Å². The Balaban J connectivity index is 1.64. The monoisotopic (exact) mass is 380 g/mol. The van der Waals surface area contributed by atoms with Crippen LogP contribution >= 0.6 is 23.2 Å². The van der Waals surface area contributed by atoms with Gasteiger partial charge in [-0.05, 0) is 25.5 Å². The Morgan fingerprint density at radius 1 is 1.16 bits per heavy atom. The van der Waals surface area contributed by atoms with E-state index in [1.165, 1.54) is 0 Å². The topological polar surface area (TPSA) is 41.4 Å². The number of aryl methyl sites for hydroxylation is 2. The number of halogens is 2. The summed E-state index contributed by atoms with van der Waals surface area (Å²) in [7, 11) is 0. The lowest BCUT2D eigenvalue weighted by atomic mass is 10.2. The zero-order valence-electron chi connectivity index (χ0n) is 14.5. The molecule has 5 nitrogen and oxygen atoms in total. The van der Waals surface area contributed by atoms with Gasteiger partial charge in [0.2, 0.25) is 0 Å². The Kier molecular flexibility index (Phi) is 5.67. The van der Waals surface area contributed by atoms with E-state index in [9.17, 15) is 4.79 Å². The second kappa shape index (κ2) is 7.77. The summed E-state index contributed by atoms with van der Waals surface area (Å²) in [6.07, 6.45) is 0. The third kappa shape index (κ3) is 3.84. The third-order valence-electron chi connectivity index (χ3n) is 4.57. The van der Waals surface area contributed by atoms with Crippen LogP contribution in [0.4, 0.5) is 0 Å². The summed E-state index contributed by atoms with van der Waals surface area (Å²) in [5.41, 5.74) is 2.32. The highest BCUT2D eigenvalue weighted by molar-refractivity contribution is 6.34. The molecule has 0 saturated carbocycles. The van der Waals surface area contributed by atoms with Crippen LogP contribution in [0.5, 0.6) is 0 Å².